The molecular formula is C22H27BrN6O3S. The van der Waals surface area contributed by atoms with Crippen molar-refractivity contribution in [3.63, 3.8) is 0 Å². The van der Waals surface area contributed by atoms with Crippen molar-refractivity contribution >= 4 is 48.9 Å². The largest absolute Gasteiger partial charge is 0.393 e. The molecule has 1 aliphatic heterocycles. The summed E-state index contributed by atoms with van der Waals surface area (Å²) in [6.45, 7) is 1.17. The molecule has 2 aromatic heterocycles. The van der Waals surface area contributed by atoms with Crippen LogP contribution in [-0.4, -0.2) is 57.7 Å². The average Bonchev–Trinajstić information content (AvgIpc) is 3.47. The molecular weight excluding hydrogens is 508 g/mol. The lowest BCUT2D eigenvalue weighted by molar-refractivity contribution is 0.126. The molecule has 0 amide bonds. The highest BCUT2D eigenvalue weighted by Gasteiger charge is 2.27. The van der Waals surface area contributed by atoms with Crippen LogP contribution in [0.25, 0.3) is 5.65 Å². The normalized spacial score (nSPS) is 22.0. The number of anilines is 3. The minimum atomic E-state index is -3.44. The van der Waals surface area contributed by atoms with Gasteiger partial charge in [-0.25, -0.2) is 13.4 Å². The third-order valence-corrected chi connectivity index (χ3v) is 8.78. The first-order valence-corrected chi connectivity index (χ1v) is 13.5. The lowest BCUT2D eigenvalue weighted by Gasteiger charge is -2.26. The van der Waals surface area contributed by atoms with Gasteiger partial charge in [0.25, 0.3) is 0 Å². The standard InChI is InChI=1S/C22H27BrN6O3S/c23-19-14-24-29-21(13-20(27-22(19)29)25-15-3-7-17(30)8-4-15)26-16-5-9-18(10-6-16)33(31,32)28-11-1-2-12-28/h5-6,9-10,13-15,17,26,30H,1-4,7-8,11-12H2,(H,25,27)/t15-,17-. The van der Waals surface area contributed by atoms with Gasteiger partial charge in [-0.05, 0) is 78.7 Å². The zero-order valence-electron chi connectivity index (χ0n) is 18.1. The summed E-state index contributed by atoms with van der Waals surface area (Å²) in [5.41, 5.74) is 1.42. The van der Waals surface area contributed by atoms with E-state index in [1.165, 1.54) is 0 Å². The minimum Gasteiger partial charge on any atom is -0.393 e. The number of benzene rings is 1. The van der Waals surface area contributed by atoms with E-state index in [2.05, 4.69) is 31.7 Å². The maximum Gasteiger partial charge on any atom is 0.243 e. The van der Waals surface area contributed by atoms with Crippen LogP contribution >= 0.6 is 15.9 Å². The average molecular weight is 535 g/mol. The van der Waals surface area contributed by atoms with E-state index in [4.69, 9.17) is 4.98 Å². The topological polar surface area (TPSA) is 112 Å². The fourth-order valence-corrected chi connectivity index (χ4v) is 6.33. The van der Waals surface area contributed by atoms with E-state index >= 15 is 0 Å². The second kappa shape index (κ2) is 9.21. The molecule has 5 rings (SSSR count). The summed E-state index contributed by atoms with van der Waals surface area (Å²) in [5.74, 6) is 1.43. The monoisotopic (exact) mass is 534 g/mol. The maximum atomic E-state index is 12.8. The van der Waals surface area contributed by atoms with Crippen LogP contribution in [0.2, 0.25) is 0 Å². The van der Waals surface area contributed by atoms with Crippen LogP contribution in [0.4, 0.5) is 17.3 Å². The summed E-state index contributed by atoms with van der Waals surface area (Å²) in [6.07, 6.45) is 6.66. The number of fused-ring (bicyclic) bond motifs is 1. The Kier molecular flexibility index (Phi) is 6.30. The molecule has 11 heteroatoms. The van der Waals surface area contributed by atoms with Gasteiger partial charge in [0, 0.05) is 30.9 Å². The van der Waals surface area contributed by atoms with Gasteiger partial charge in [0.15, 0.2) is 5.65 Å². The van der Waals surface area contributed by atoms with Gasteiger partial charge in [0.2, 0.25) is 10.0 Å². The molecule has 3 N–H and O–H groups in total. The van der Waals surface area contributed by atoms with Crippen molar-refractivity contribution in [1.82, 2.24) is 18.9 Å². The number of hydrogen-bond donors (Lipinski definition) is 3. The first-order chi connectivity index (χ1) is 15.9. The zero-order chi connectivity index (χ0) is 23.0. The van der Waals surface area contributed by atoms with Gasteiger partial charge in [-0.1, -0.05) is 0 Å². The summed E-state index contributed by atoms with van der Waals surface area (Å²) in [5, 5.41) is 21.0. The van der Waals surface area contributed by atoms with Crippen molar-refractivity contribution in [2.75, 3.05) is 23.7 Å². The molecule has 0 radical (unpaired) electrons. The molecule has 33 heavy (non-hydrogen) atoms. The predicted molar refractivity (Wildman–Crippen MR) is 130 cm³/mol. The summed E-state index contributed by atoms with van der Waals surface area (Å²) >= 11 is 3.51. The number of rotatable bonds is 6. The summed E-state index contributed by atoms with van der Waals surface area (Å²) in [4.78, 5) is 5.00. The second-order valence-electron chi connectivity index (χ2n) is 8.66. The van der Waals surface area contributed by atoms with E-state index in [0.29, 0.717) is 29.5 Å². The predicted octanol–water partition coefficient (Wildman–Crippen LogP) is 3.74. The van der Waals surface area contributed by atoms with Crippen LogP contribution in [0.5, 0.6) is 0 Å². The minimum absolute atomic E-state index is 0.211. The van der Waals surface area contributed by atoms with Gasteiger partial charge in [-0.2, -0.15) is 13.9 Å². The van der Waals surface area contributed by atoms with Crippen molar-refractivity contribution < 1.29 is 13.5 Å². The van der Waals surface area contributed by atoms with Gasteiger partial charge in [-0.3, -0.25) is 0 Å². The molecule has 1 saturated heterocycles. The van der Waals surface area contributed by atoms with E-state index < -0.39 is 10.0 Å². The van der Waals surface area contributed by atoms with E-state index in [-0.39, 0.29) is 12.1 Å². The lowest BCUT2D eigenvalue weighted by atomic mass is 9.93. The van der Waals surface area contributed by atoms with E-state index in [1.807, 2.05) is 6.07 Å². The fraction of sp³-hybridized carbons (Fsp3) is 0.455. The Morgan fingerprint density at radius 1 is 1.06 bits per heavy atom. The highest BCUT2D eigenvalue weighted by atomic mass is 79.9. The number of sulfonamides is 1. The van der Waals surface area contributed by atoms with Crippen LogP contribution < -0.4 is 10.6 Å². The Labute approximate surface area is 201 Å². The Bertz CT molecular complexity index is 1230. The van der Waals surface area contributed by atoms with Gasteiger partial charge < -0.3 is 15.7 Å². The van der Waals surface area contributed by atoms with Gasteiger partial charge in [0.1, 0.15) is 11.6 Å². The molecule has 3 aromatic rings. The fourth-order valence-electron chi connectivity index (χ4n) is 4.46. The maximum absolute atomic E-state index is 12.8. The number of nitrogens with zero attached hydrogens (tertiary/aromatic N) is 4. The smallest absolute Gasteiger partial charge is 0.243 e. The van der Waals surface area contributed by atoms with Crippen molar-refractivity contribution in [3.8, 4) is 0 Å². The molecule has 9 nitrogen and oxygen atoms in total. The van der Waals surface area contributed by atoms with Crippen molar-refractivity contribution in [2.24, 2.45) is 0 Å². The SMILES string of the molecule is O=S(=O)(c1ccc(Nc2cc(N[C@H]3CC[C@H](O)CC3)nc3c(Br)cnn23)cc1)N1CCCC1. The third kappa shape index (κ3) is 4.72. The number of hydrogen-bond acceptors (Lipinski definition) is 7. The molecule has 1 aliphatic carbocycles. The first kappa shape index (κ1) is 22.6. The van der Waals surface area contributed by atoms with Crippen LogP contribution in [0.1, 0.15) is 38.5 Å². The van der Waals surface area contributed by atoms with Crippen LogP contribution in [0.15, 0.2) is 45.9 Å². The molecule has 1 saturated carbocycles. The number of aromatic nitrogens is 3. The van der Waals surface area contributed by atoms with Gasteiger partial charge in [0.05, 0.1) is 21.7 Å². The molecule has 0 atom stereocenters. The number of nitrogens with one attached hydrogen (secondary N) is 2. The van der Waals surface area contributed by atoms with Crippen molar-refractivity contribution in [1.29, 1.82) is 0 Å². The highest BCUT2D eigenvalue weighted by molar-refractivity contribution is 9.10. The second-order valence-corrected chi connectivity index (χ2v) is 11.5. The molecule has 3 heterocycles. The molecule has 0 spiro atoms. The van der Waals surface area contributed by atoms with Gasteiger partial charge >= 0.3 is 0 Å². The molecule has 176 valence electrons. The van der Waals surface area contributed by atoms with Crippen LogP contribution in [-0.2, 0) is 10.0 Å². The summed E-state index contributed by atoms with van der Waals surface area (Å²) in [6, 6.07) is 8.96. The van der Waals surface area contributed by atoms with E-state index in [0.717, 1.165) is 54.5 Å². The Morgan fingerprint density at radius 2 is 1.76 bits per heavy atom. The van der Waals surface area contributed by atoms with Gasteiger partial charge in [-0.15, -0.1) is 0 Å². The molecule has 0 unspecified atom stereocenters. The van der Waals surface area contributed by atoms with Crippen LogP contribution in [0, 0.1) is 0 Å². The summed E-state index contributed by atoms with van der Waals surface area (Å²) in [7, 11) is -3.44. The number of aliphatic hydroxyl groups is 1. The Morgan fingerprint density at radius 3 is 2.45 bits per heavy atom. The third-order valence-electron chi connectivity index (χ3n) is 6.31. The van der Waals surface area contributed by atoms with E-state index in [1.54, 1.807) is 39.3 Å². The quantitative estimate of drug-likeness (QED) is 0.441. The van der Waals surface area contributed by atoms with E-state index in [9.17, 15) is 13.5 Å². The Hall–Kier alpha value is -2.21. The highest BCUT2D eigenvalue weighted by Crippen LogP contribution is 2.28. The summed E-state index contributed by atoms with van der Waals surface area (Å²) < 4.78 is 29.6. The molecule has 2 aliphatic rings. The molecule has 1 aromatic carbocycles. The lowest BCUT2D eigenvalue weighted by Crippen LogP contribution is -2.28. The number of halogens is 1. The zero-order valence-corrected chi connectivity index (χ0v) is 20.5. The van der Waals surface area contributed by atoms with Crippen molar-refractivity contribution in [2.45, 2.75) is 55.6 Å². The van der Waals surface area contributed by atoms with Crippen molar-refractivity contribution in [3.05, 3.63) is 41.0 Å². The first-order valence-electron chi connectivity index (χ1n) is 11.3. The Balaban J connectivity index is 1.39. The molecule has 0 bridgehead atoms. The van der Waals surface area contributed by atoms with Crippen LogP contribution in [0.3, 0.4) is 0 Å². The molecule has 2 fully saturated rings. The number of aliphatic hydroxyl groups excluding tert-OH is 1.